The number of methoxy groups -OCH3 is 1. The van der Waals surface area contributed by atoms with Crippen molar-refractivity contribution < 1.29 is 9.26 Å². The van der Waals surface area contributed by atoms with E-state index in [1.54, 1.807) is 13.3 Å². The first-order valence-electron chi connectivity index (χ1n) is 5.86. The van der Waals surface area contributed by atoms with Crippen LogP contribution in [0.2, 0.25) is 0 Å². The monoisotopic (exact) mass is 246 g/mol. The molecule has 18 heavy (non-hydrogen) atoms. The van der Waals surface area contributed by atoms with Gasteiger partial charge in [-0.25, -0.2) is 0 Å². The molecule has 2 N–H and O–H groups in total. The molecule has 0 saturated carbocycles. The second kappa shape index (κ2) is 4.82. The molecule has 0 aliphatic rings. The Bertz CT molecular complexity index is 515. The maximum absolute atomic E-state index is 5.68. The molecule has 2 rings (SSSR count). The quantitative estimate of drug-likeness (QED) is 0.901. The second-order valence-electron chi connectivity index (χ2n) is 4.94. The van der Waals surface area contributed by atoms with Gasteiger partial charge in [0.05, 0.1) is 17.4 Å². The highest BCUT2D eigenvalue weighted by Crippen LogP contribution is 2.26. The van der Waals surface area contributed by atoms with E-state index >= 15 is 0 Å². The zero-order valence-electron chi connectivity index (χ0n) is 10.9. The predicted molar refractivity (Wildman–Crippen MR) is 71.1 cm³/mol. The SMILES string of the molecule is COC(C)(C)Cc1ccc(-c2cnoc2N)cc1. The van der Waals surface area contributed by atoms with Crippen molar-refractivity contribution in [1.29, 1.82) is 0 Å². The topological polar surface area (TPSA) is 61.3 Å². The van der Waals surface area contributed by atoms with E-state index in [1.807, 2.05) is 12.1 Å². The van der Waals surface area contributed by atoms with Gasteiger partial charge < -0.3 is 15.0 Å². The summed E-state index contributed by atoms with van der Waals surface area (Å²) in [6.07, 6.45) is 2.49. The summed E-state index contributed by atoms with van der Waals surface area (Å²) in [5.74, 6) is 0.347. The number of nitrogen functional groups attached to an aromatic ring is 1. The molecule has 0 bridgehead atoms. The predicted octanol–water partition coefficient (Wildman–Crippen LogP) is 2.89. The van der Waals surface area contributed by atoms with Gasteiger partial charge in [0.1, 0.15) is 0 Å². The molecule has 0 fully saturated rings. The third-order valence-electron chi connectivity index (χ3n) is 3.05. The fourth-order valence-corrected chi connectivity index (χ4v) is 1.83. The standard InChI is InChI=1S/C14H18N2O2/c1-14(2,17-3)8-10-4-6-11(7-5-10)12-9-16-18-13(12)15/h4-7,9H,8,15H2,1-3H3. The van der Waals surface area contributed by atoms with Crippen molar-refractivity contribution in [3.63, 3.8) is 0 Å². The Morgan fingerprint density at radius 2 is 1.94 bits per heavy atom. The van der Waals surface area contributed by atoms with E-state index in [4.69, 9.17) is 15.0 Å². The maximum atomic E-state index is 5.68. The Balaban J connectivity index is 2.18. The Labute approximate surface area is 107 Å². The fraction of sp³-hybridized carbons (Fsp3) is 0.357. The molecular formula is C14H18N2O2. The van der Waals surface area contributed by atoms with E-state index in [0.29, 0.717) is 5.88 Å². The highest BCUT2D eigenvalue weighted by atomic mass is 16.5. The lowest BCUT2D eigenvalue weighted by molar-refractivity contribution is 0.0232. The van der Waals surface area contributed by atoms with Gasteiger partial charge in [-0.2, -0.15) is 0 Å². The first-order chi connectivity index (χ1) is 8.52. The van der Waals surface area contributed by atoms with Crippen LogP contribution in [0.4, 0.5) is 5.88 Å². The Morgan fingerprint density at radius 3 is 2.44 bits per heavy atom. The van der Waals surface area contributed by atoms with Gasteiger partial charge in [-0.15, -0.1) is 0 Å². The minimum Gasteiger partial charge on any atom is -0.378 e. The third-order valence-corrected chi connectivity index (χ3v) is 3.05. The molecule has 1 aromatic heterocycles. The van der Waals surface area contributed by atoms with Gasteiger partial charge in [-0.1, -0.05) is 29.4 Å². The van der Waals surface area contributed by atoms with Crippen molar-refractivity contribution in [2.45, 2.75) is 25.9 Å². The summed E-state index contributed by atoms with van der Waals surface area (Å²) in [6, 6.07) is 8.18. The summed E-state index contributed by atoms with van der Waals surface area (Å²) in [6.45, 7) is 4.14. The van der Waals surface area contributed by atoms with Crippen molar-refractivity contribution in [3.05, 3.63) is 36.0 Å². The van der Waals surface area contributed by atoms with Gasteiger partial charge in [0.2, 0.25) is 5.88 Å². The first-order valence-corrected chi connectivity index (χ1v) is 5.86. The van der Waals surface area contributed by atoms with Crippen LogP contribution in [-0.2, 0) is 11.2 Å². The lowest BCUT2D eigenvalue weighted by atomic mass is 9.97. The zero-order valence-corrected chi connectivity index (χ0v) is 10.9. The van der Waals surface area contributed by atoms with Crippen LogP contribution in [-0.4, -0.2) is 17.9 Å². The minimum absolute atomic E-state index is 0.155. The number of hydrogen-bond donors (Lipinski definition) is 1. The van der Waals surface area contributed by atoms with Crippen LogP contribution >= 0.6 is 0 Å². The Kier molecular flexibility index (Phi) is 3.39. The number of anilines is 1. The lowest BCUT2D eigenvalue weighted by Gasteiger charge is -2.22. The van der Waals surface area contributed by atoms with Gasteiger partial charge in [0.15, 0.2) is 0 Å². The van der Waals surface area contributed by atoms with Crippen molar-refractivity contribution in [2.75, 3.05) is 12.8 Å². The van der Waals surface area contributed by atoms with Crippen molar-refractivity contribution in [2.24, 2.45) is 0 Å². The van der Waals surface area contributed by atoms with Crippen LogP contribution in [0.15, 0.2) is 35.0 Å². The van der Waals surface area contributed by atoms with Gasteiger partial charge in [-0.3, -0.25) is 0 Å². The van der Waals surface area contributed by atoms with Crippen molar-refractivity contribution >= 4 is 5.88 Å². The molecule has 0 radical (unpaired) electrons. The Morgan fingerprint density at radius 1 is 1.28 bits per heavy atom. The molecule has 2 aromatic rings. The van der Waals surface area contributed by atoms with E-state index in [0.717, 1.165) is 17.5 Å². The van der Waals surface area contributed by atoms with Crippen LogP contribution in [0.3, 0.4) is 0 Å². The first kappa shape index (κ1) is 12.6. The minimum atomic E-state index is -0.155. The molecule has 0 saturated heterocycles. The summed E-state index contributed by atoms with van der Waals surface area (Å²) in [4.78, 5) is 0. The van der Waals surface area contributed by atoms with E-state index in [2.05, 4.69) is 31.1 Å². The fourth-order valence-electron chi connectivity index (χ4n) is 1.83. The van der Waals surface area contributed by atoms with Crippen LogP contribution < -0.4 is 5.73 Å². The molecule has 0 atom stereocenters. The van der Waals surface area contributed by atoms with E-state index in [1.165, 1.54) is 5.56 Å². The average molecular weight is 246 g/mol. The molecule has 0 aliphatic heterocycles. The average Bonchev–Trinajstić information content (AvgIpc) is 2.76. The van der Waals surface area contributed by atoms with Crippen LogP contribution in [0.5, 0.6) is 0 Å². The Hall–Kier alpha value is -1.81. The van der Waals surface area contributed by atoms with Gasteiger partial charge in [0, 0.05) is 13.5 Å². The summed E-state index contributed by atoms with van der Waals surface area (Å²) >= 11 is 0. The van der Waals surface area contributed by atoms with Crippen LogP contribution in [0, 0.1) is 0 Å². The summed E-state index contributed by atoms with van der Waals surface area (Å²) < 4.78 is 10.3. The molecule has 4 heteroatoms. The highest BCUT2D eigenvalue weighted by molar-refractivity contribution is 5.71. The molecule has 4 nitrogen and oxygen atoms in total. The van der Waals surface area contributed by atoms with Crippen molar-refractivity contribution in [3.8, 4) is 11.1 Å². The number of hydrogen-bond acceptors (Lipinski definition) is 4. The molecule has 96 valence electrons. The molecule has 0 spiro atoms. The van der Waals surface area contributed by atoms with Crippen LogP contribution in [0.25, 0.3) is 11.1 Å². The lowest BCUT2D eigenvalue weighted by Crippen LogP contribution is -2.25. The van der Waals surface area contributed by atoms with Gasteiger partial charge >= 0.3 is 0 Å². The summed E-state index contributed by atoms with van der Waals surface area (Å²) in [5, 5.41) is 3.67. The largest absolute Gasteiger partial charge is 0.378 e. The molecule has 1 aromatic carbocycles. The highest BCUT2D eigenvalue weighted by Gasteiger charge is 2.17. The maximum Gasteiger partial charge on any atom is 0.229 e. The number of rotatable bonds is 4. The van der Waals surface area contributed by atoms with E-state index in [-0.39, 0.29) is 5.60 Å². The van der Waals surface area contributed by atoms with Crippen molar-refractivity contribution in [1.82, 2.24) is 5.16 Å². The second-order valence-corrected chi connectivity index (χ2v) is 4.94. The number of nitrogens with two attached hydrogens (primary N) is 1. The smallest absolute Gasteiger partial charge is 0.229 e. The van der Waals surface area contributed by atoms with E-state index in [9.17, 15) is 0 Å². The molecular weight excluding hydrogens is 228 g/mol. The molecule has 0 amide bonds. The number of aromatic nitrogens is 1. The molecule has 0 unspecified atom stereocenters. The zero-order chi connectivity index (χ0) is 13.2. The summed E-state index contributed by atoms with van der Waals surface area (Å²) in [7, 11) is 1.73. The van der Waals surface area contributed by atoms with Crippen LogP contribution in [0.1, 0.15) is 19.4 Å². The number of nitrogens with zero attached hydrogens (tertiary/aromatic N) is 1. The number of ether oxygens (including phenoxy) is 1. The molecule has 0 aliphatic carbocycles. The normalized spacial score (nSPS) is 11.7. The summed E-state index contributed by atoms with van der Waals surface area (Å²) in [5.41, 5.74) is 8.59. The van der Waals surface area contributed by atoms with Gasteiger partial charge in [0.25, 0.3) is 0 Å². The van der Waals surface area contributed by atoms with E-state index < -0.39 is 0 Å². The number of benzene rings is 1. The molecule has 1 heterocycles. The third kappa shape index (κ3) is 2.71. The van der Waals surface area contributed by atoms with Gasteiger partial charge in [-0.05, 0) is 25.0 Å².